The standard InChI is InChI=1S/C10H10N4O2/c15-9-3-5-13(10(16)12-9)7-2-6-14-8(7)1-4-11-14/h1,3-5,7H,2,6H2,(H,12,15,16). The van der Waals surface area contributed by atoms with Crippen LogP contribution in [-0.2, 0) is 6.54 Å². The van der Waals surface area contributed by atoms with E-state index < -0.39 is 0 Å². The summed E-state index contributed by atoms with van der Waals surface area (Å²) < 4.78 is 3.42. The molecule has 1 aliphatic rings. The highest BCUT2D eigenvalue weighted by atomic mass is 16.2. The molecule has 2 aromatic heterocycles. The van der Waals surface area contributed by atoms with Crippen molar-refractivity contribution in [3.05, 3.63) is 51.1 Å². The van der Waals surface area contributed by atoms with Crippen LogP contribution in [-0.4, -0.2) is 19.3 Å². The Morgan fingerprint density at radius 2 is 2.25 bits per heavy atom. The molecule has 1 N–H and O–H groups in total. The van der Waals surface area contributed by atoms with Gasteiger partial charge in [0.2, 0.25) is 0 Å². The van der Waals surface area contributed by atoms with Crippen molar-refractivity contribution in [1.29, 1.82) is 0 Å². The second-order valence-electron chi connectivity index (χ2n) is 3.80. The molecule has 0 radical (unpaired) electrons. The summed E-state index contributed by atoms with van der Waals surface area (Å²) in [6.07, 6.45) is 4.09. The molecule has 2 aromatic rings. The minimum absolute atomic E-state index is 0.0214. The number of aromatic amines is 1. The van der Waals surface area contributed by atoms with E-state index in [0.717, 1.165) is 18.7 Å². The molecule has 0 saturated heterocycles. The number of aromatic nitrogens is 4. The molecular weight excluding hydrogens is 208 g/mol. The Morgan fingerprint density at radius 3 is 3.06 bits per heavy atom. The summed E-state index contributed by atoms with van der Waals surface area (Å²) in [6, 6.07) is 3.24. The number of nitrogens with one attached hydrogen (secondary N) is 1. The van der Waals surface area contributed by atoms with Crippen molar-refractivity contribution in [1.82, 2.24) is 19.3 Å². The topological polar surface area (TPSA) is 72.7 Å². The summed E-state index contributed by atoms with van der Waals surface area (Å²) in [5.41, 5.74) is 0.272. The van der Waals surface area contributed by atoms with Gasteiger partial charge >= 0.3 is 5.69 Å². The Morgan fingerprint density at radius 1 is 1.38 bits per heavy atom. The number of nitrogens with zero attached hydrogens (tertiary/aromatic N) is 3. The van der Waals surface area contributed by atoms with Crippen LogP contribution in [0.5, 0.6) is 0 Å². The van der Waals surface area contributed by atoms with Crippen LogP contribution in [0.3, 0.4) is 0 Å². The van der Waals surface area contributed by atoms with Gasteiger partial charge < -0.3 is 0 Å². The van der Waals surface area contributed by atoms with Crippen molar-refractivity contribution < 1.29 is 0 Å². The second-order valence-corrected chi connectivity index (χ2v) is 3.80. The molecule has 1 unspecified atom stereocenters. The van der Waals surface area contributed by atoms with E-state index >= 15 is 0 Å². The van der Waals surface area contributed by atoms with Crippen molar-refractivity contribution in [3.63, 3.8) is 0 Å². The average molecular weight is 218 g/mol. The van der Waals surface area contributed by atoms with Gasteiger partial charge in [0, 0.05) is 25.0 Å². The maximum Gasteiger partial charge on any atom is 0.328 e. The maximum atomic E-state index is 11.6. The lowest BCUT2D eigenvalue weighted by atomic mass is 10.2. The smallest absolute Gasteiger partial charge is 0.291 e. The monoisotopic (exact) mass is 218 g/mol. The fourth-order valence-electron chi connectivity index (χ4n) is 2.16. The number of aryl methyl sites for hydroxylation is 1. The molecule has 3 rings (SSSR count). The van der Waals surface area contributed by atoms with Crippen LogP contribution >= 0.6 is 0 Å². The van der Waals surface area contributed by atoms with E-state index in [0.29, 0.717) is 0 Å². The summed E-state index contributed by atoms with van der Waals surface area (Å²) in [5.74, 6) is 0. The highest BCUT2D eigenvalue weighted by molar-refractivity contribution is 5.12. The first-order chi connectivity index (χ1) is 7.75. The number of rotatable bonds is 1. The van der Waals surface area contributed by atoms with Gasteiger partial charge in [0.05, 0.1) is 11.7 Å². The van der Waals surface area contributed by atoms with Crippen molar-refractivity contribution >= 4 is 0 Å². The van der Waals surface area contributed by atoms with Gasteiger partial charge in [0.25, 0.3) is 5.56 Å². The van der Waals surface area contributed by atoms with Crippen LogP contribution in [0.4, 0.5) is 0 Å². The van der Waals surface area contributed by atoms with Crippen LogP contribution < -0.4 is 11.2 Å². The van der Waals surface area contributed by atoms with Crippen LogP contribution in [0, 0.1) is 0 Å². The third-order valence-electron chi connectivity index (χ3n) is 2.89. The molecule has 0 bridgehead atoms. The van der Waals surface area contributed by atoms with E-state index in [-0.39, 0.29) is 17.3 Å². The zero-order chi connectivity index (χ0) is 11.1. The van der Waals surface area contributed by atoms with E-state index in [4.69, 9.17) is 0 Å². The first-order valence-electron chi connectivity index (χ1n) is 5.09. The highest BCUT2D eigenvalue weighted by Gasteiger charge is 2.25. The lowest BCUT2D eigenvalue weighted by Gasteiger charge is -2.11. The van der Waals surface area contributed by atoms with Crippen molar-refractivity contribution in [3.8, 4) is 0 Å². The Balaban J connectivity index is 2.13. The molecule has 16 heavy (non-hydrogen) atoms. The molecule has 0 spiro atoms. The molecule has 82 valence electrons. The predicted octanol–water partition coefficient (Wildman–Crippen LogP) is -0.274. The molecule has 0 amide bonds. The quantitative estimate of drug-likeness (QED) is 0.715. The molecule has 6 nitrogen and oxygen atoms in total. The minimum Gasteiger partial charge on any atom is -0.291 e. The van der Waals surface area contributed by atoms with Gasteiger partial charge in [0.15, 0.2) is 0 Å². The van der Waals surface area contributed by atoms with E-state index in [9.17, 15) is 9.59 Å². The number of H-pyrrole nitrogens is 1. The third-order valence-corrected chi connectivity index (χ3v) is 2.89. The first kappa shape index (κ1) is 9.14. The largest absolute Gasteiger partial charge is 0.328 e. The normalized spacial score (nSPS) is 18.6. The average Bonchev–Trinajstić information content (AvgIpc) is 2.80. The Labute approximate surface area is 90.2 Å². The molecule has 0 aromatic carbocycles. The van der Waals surface area contributed by atoms with Gasteiger partial charge in [-0.1, -0.05) is 0 Å². The zero-order valence-electron chi connectivity index (χ0n) is 8.46. The maximum absolute atomic E-state index is 11.6. The Kier molecular flexibility index (Phi) is 1.82. The molecule has 1 atom stereocenters. The van der Waals surface area contributed by atoms with Gasteiger partial charge in [-0.05, 0) is 12.5 Å². The van der Waals surface area contributed by atoms with Crippen LogP contribution in [0.25, 0.3) is 0 Å². The van der Waals surface area contributed by atoms with E-state index in [1.807, 2.05) is 10.7 Å². The van der Waals surface area contributed by atoms with Crippen molar-refractivity contribution in [2.75, 3.05) is 0 Å². The van der Waals surface area contributed by atoms with Gasteiger partial charge in [-0.3, -0.25) is 19.0 Å². The Bertz CT molecular complexity index is 637. The number of fused-ring (bicyclic) bond motifs is 1. The third kappa shape index (κ3) is 1.23. The van der Waals surface area contributed by atoms with Gasteiger partial charge in [0.1, 0.15) is 0 Å². The SMILES string of the molecule is O=c1ccn(C2CCn3nccc32)c(=O)[nH]1. The van der Waals surface area contributed by atoms with E-state index in [1.54, 1.807) is 10.8 Å². The molecule has 0 aliphatic carbocycles. The highest BCUT2D eigenvalue weighted by Crippen LogP contribution is 2.26. The van der Waals surface area contributed by atoms with Crippen LogP contribution in [0.15, 0.2) is 34.1 Å². The first-order valence-corrected chi connectivity index (χ1v) is 5.09. The Hall–Kier alpha value is -2.11. The fourth-order valence-corrected chi connectivity index (χ4v) is 2.16. The van der Waals surface area contributed by atoms with Crippen molar-refractivity contribution in [2.24, 2.45) is 0 Å². The lowest BCUT2D eigenvalue weighted by Crippen LogP contribution is -2.31. The summed E-state index contributed by atoms with van der Waals surface area (Å²) in [4.78, 5) is 24.9. The zero-order valence-corrected chi connectivity index (χ0v) is 8.46. The van der Waals surface area contributed by atoms with Crippen LogP contribution in [0.1, 0.15) is 18.2 Å². The van der Waals surface area contributed by atoms with Gasteiger partial charge in [-0.15, -0.1) is 0 Å². The molecule has 0 saturated carbocycles. The molecule has 0 fully saturated rings. The molecule has 6 heteroatoms. The number of hydrogen-bond acceptors (Lipinski definition) is 3. The number of hydrogen-bond donors (Lipinski definition) is 1. The second kappa shape index (κ2) is 3.19. The van der Waals surface area contributed by atoms with E-state index in [2.05, 4.69) is 10.1 Å². The minimum atomic E-state index is -0.368. The van der Waals surface area contributed by atoms with Gasteiger partial charge in [-0.25, -0.2) is 4.79 Å². The van der Waals surface area contributed by atoms with Crippen LogP contribution in [0.2, 0.25) is 0 Å². The fraction of sp³-hybridized carbons (Fsp3) is 0.300. The van der Waals surface area contributed by atoms with Gasteiger partial charge in [-0.2, -0.15) is 5.10 Å². The molecule has 3 heterocycles. The lowest BCUT2D eigenvalue weighted by molar-refractivity contribution is 0.541. The molecule has 1 aliphatic heterocycles. The summed E-state index contributed by atoms with van der Waals surface area (Å²) in [7, 11) is 0. The summed E-state index contributed by atoms with van der Waals surface area (Å²) in [5, 5.41) is 4.15. The molecular formula is C10H10N4O2. The summed E-state index contributed by atoms with van der Waals surface area (Å²) >= 11 is 0. The van der Waals surface area contributed by atoms with E-state index in [1.165, 1.54) is 12.3 Å². The van der Waals surface area contributed by atoms with Crippen molar-refractivity contribution in [2.45, 2.75) is 19.0 Å². The summed E-state index contributed by atoms with van der Waals surface area (Å²) in [6.45, 7) is 0.804. The predicted molar refractivity (Wildman–Crippen MR) is 56.3 cm³/mol.